The highest BCUT2D eigenvalue weighted by atomic mass is 16.3. The second-order valence-corrected chi connectivity index (χ2v) is 9.81. The minimum absolute atomic E-state index is 0.0544. The van der Waals surface area contributed by atoms with Gasteiger partial charge in [0.15, 0.2) is 0 Å². The first-order valence-electron chi connectivity index (χ1n) is 9.53. The lowest BCUT2D eigenvalue weighted by Crippen LogP contribution is -2.53. The summed E-state index contributed by atoms with van der Waals surface area (Å²) in [4.78, 5) is 0. The molecule has 126 valence electrons. The standard InChI is InChI=1S/C21H36O/c1-13-7-8-16-12-18-14(2)11-15(3)19(22)21(18,6)10-9-17(13)20(16,4)5/h13-14,16-19,22H,3,7-12H2,1-2,4-6H3/t13-,14-,16+,17+,18-,19?,21+/m1/s1. The summed E-state index contributed by atoms with van der Waals surface area (Å²) in [6, 6.07) is 0. The molecule has 3 aliphatic carbocycles. The third-order valence-corrected chi connectivity index (χ3v) is 8.33. The Morgan fingerprint density at radius 1 is 1.00 bits per heavy atom. The summed E-state index contributed by atoms with van der Waals surface area (Å²) in [5.41, 5.74) is 1.61. The summed E-state index contributed by atoms with van der Waals surface area (Å²) in [7, 11) is 0. The summed E-state index contributed by atoms with van der Waals surface area (Å²) < 4.78 is 0. The van der Waals surface area contributed by atoms with Gasteiger partial charge in [-0.3, -0.25) is 0 Å². The van der Waals surface area contributed by atoms with Crippen LogP contribution in [0.4, 0.5) is 0 Å². The van der Waals surface area contributed by atoms with Crippen molar-refractivity contribution in [2.24, 2.45) is 40.4 Å². The quantitative estimate of drug-likeness (QED) is 0.591. The van der Waals surface area contributed by atoms with E-state index >= 15 is 0 Å². The van der Waals surface area contributed by atoms with Gasteiger partial charge >= 0.3 is 0 Å². The third kappa shape index (κ3) is 2.30. The molecule has 0 aromatic rings. The van der Waals surface area contributed by atoms with Crippen LogP contribution in [0.25, 0.3) is 0 Å². The zero-order valence-corrected chi connectivity index (χ0v) is 15.4. The van der Waals surface area contributed by atoms with E-state index in [4.69, 9.17) is 0 Å². The van der Waals surface area contributed by atoms with E-state index in [1.54, 1.807) is 0 Å². The summed E-state index contributed by atoms with van der Waals surface area (Å²) in [6.45, 7) is 16.5. The molecule has 0 aliphatic heterocycles. The second-order valence-electron chi connectivity index (χ2n) is 9.81. The van der Waals surface area contributed by atoms with Gasteiger partial charge in [-0.05, 0) is 72.7 Å². The third-order valence-electron chi connectivity index (χ3n) is 8.33. The van der Waals surface area contributed by atoms with Crippen LogP contribution in [0, 0.1) is 40.4 Å². The summed E-state index contributed by atoms with van der Waals surface area (Å²) in [5, 5.41) is 10.9. The van der Waals surface area contributed by atoms with Gasteiger partial charge in [0.2, 0.25) is 0 Å². The Hall–Kier alpha value is -0.300. The van der Waals surface area contributed by atoms with Crippen LogP contribution in [-0.2, 0) is 0 Å². The van der Waals surface area contributed by atoms with Crippen LogP contribution in [0.5, 0.6) is 0 Å². The second kappa shape index (κ2) is 5.36. The van der Waals surface area contributed by atoms with Crippen LogP contribution in [0.2, 0.25) is 0 Å². The maximum absolute atomic E-state index is 10.9. The van der Waals surface area contributed by atoms with Crippen molar-refractivity contribution in [2.75, 3.05) is 0 Å². The molecule has 0 heterocycles. The fourth-order valence-electron chi connectivity index (χ4n) is 6.73. The van der Waals surface area contributed by atoms with Gasteiger partial charge in [0, 0.05) is 5.41 Å². The molecule has 2 bridgehead atoms. The summed E-state index contributed by atoms with van der Waals surface area (Å²) in [5.74, 6) is 3.83. The van der Waals surface area contributed by atoms with Crippen molar-refractivity contribution in [2.45, 2.75) is 79.2 Å². The summed E-state index contributed by atoms with van der Waals surface area (Å²) in [6.07, 6.45) is 7.31. The molecule has 1 heteroatoms. The molecule has 3 rings (SSSR count). The first-order chi connectivity index (χ1) is 10.2. The molecule has 0 aromatic heterocycles. The van der Waals surface area contributed by atoms with Crippen molar-refractivity contribution in [1.29, 1.82) is 0 Å². The van der Waals surface area contributed by atoms with Crippen molar-refractivity contribution in [3.05, 3.63) is 12.2 Å². The monoisotopic (exact) mass is 304 g/mol. The van der Waals surface area contributed by atoms with Crippen molar-refractivity contribution in [3.63, 3.8) is 0 Å². The van der Waals surface area contributed by atoms with E-state index in [1.165, 1.54) is 32.1 Å². The fourth-order valence-corrected chi connectivity index (χ4v) is 6.73. The number of hydrogen-bond donors (Lipinski definition) is 1. The highest BCUT2D eigenvalue weighted by Crippen LogP contribution is 2.60. The molecule has 3 saturated carbocycles. The molecular formula is C21H36O. The largest absolute Gasteiger partial charge is 0.388 e. The van der Waals surface area contributed by atoms with E-state index in [-0.39, 0.29) is 11.5 Å². The lowest BCUT2D eigenvalue weighted by Gasteiger charge is -2.58. The van der Waals surface area contributed by atoms with Crippen LogP contribution in [0.3, 0.4) is 0 Å². The van der Waals surface area contributed by atoms with E-state index in [1.807, 2.05) is 0 Å². The van der Waals surface area contributed by atoms with Crippen molar-refractivity contribution in [1.82, 2.24) is 0 Å². The van der Waals surface area contributed by atoms with Gasteiger partial charge in [0.1, 0.15) is 0 Å². The SMILES string of the molecule is C=C1C[C@@H](C)[C@H]2C[C@@H]3CC[C@@H](C)[C@H](CC[C@]2(C)C1O)C3(C)C. The van der Waals surface area contributed by atoms with Crippen molar-refractivity contribution < 1.29 is 5.11 Å². The fraction of sp³-hybridized carbons (Fsp3) is 0.905. The predicted octanol–water partition coefficient (Wildman–Crippen LogP) is 5.44. The Bertz CT molecular complexity index is 451. The molecular weight excluding hydrogens is 268 g/mol. The molecule has 1 unspecified atom stereocenters. The average molecular weight is 305 g/mol. The Balaban J connectivity index is 1.97. The molecule has 0 aromatic carbocycles. The van der Waals surface area contributed by atoms with Gasteiger partial charge in [-0.15, -0.1) is 0 Å². The minimum atomic E-state index is -0.286. The Morgan fingerprint density at radius 3 is 2.36 bits per heavy atom. The molecule has 3 aliphatic rings. The number of rotatable bonds is 0. The van der Waals surface area contributed by atoms with Crippen LogP contribution in [0.1, 0.15) is 73.1 Å². The van der Waals surface area contributed by atoms with Gasteiger partial charge in [-0.25, -0.2) is 0 Å². The normalized spacial score (nSPS) is 51.6. The van der Waals surface area contributed by atoms with E-state index in [2.05, 4.69) is 41.2 Å². The number of fused-ring (bicyclic) bond motifs is 3. The lowest BCUT2D eigenvalue weighted by atomic mass is 9.47. The van der Waals surface area contributed by atoms with Crippen molar-refractivity contribution in [3.8, 4) is 0 Å². The van der Waals surface area contributed by atoms with Crippen LogP contribution >= 0.6 is 0 Å². The zero-order chi connectivity index (χ0) is 16.3. The Morgan fingerprint density at radius 2 is 1.68 bits per heavy atom. The van der Waals surface area contributed by atoms with Crippen LogP contribution in [-0.4, -0.2) is 11.2 Å². The summed E-state index contributed by atoms with van der Waals surface area (Å²) >= 11 is 0. The maximum Gasteiger partial charge on any atom is 0.0803 e. The van der Waals surface area contributed by atoms with E-state index in [0.717, 1.165) is 29.7 Å². The number of aliphatic hydroxyl groups excluding tert-OH is 1. The zero-order valence-electron chi connectivity index (χ0n) is 15.4. The first kappa shape index (κ1) is 16.6. The first-order valence-corrected chi connectivity index (χ1v) is 9.53. The van der Waals surface area contributed by atoms with Gasteiger partial charge in [-0.1, -0.05) is 47.6 Å². The number of hydrogen-bond acceptors (Lipinski definition) is 1. The molecule has 0 radical (unpaired) electrons. The molecule has 0 saturated heterocycles. The lowest BCUT2D eigenvalue weighted by molar-refractivity contribution is -0.102. The van der Waals surface area contributed by atoms with Crippen LogP contribution in [0.15, 0.2) is 12.2 Å². The Labute approximate surface area is 137 Å². The molecule has 1 nitrogen and oxygen atoms in total. The highest BCUT2D eigenvalue weighted by Gasteiger charge is 2.54. The molecule has 3 fully saturated rings. The molecule has 22 heavy (non-hydrogen) atoms. The van der Waals surface area contributed by atoms with E-state index in [9.17, 15) is 5.11 Å². The van der Waals surface area contributed by atoms with Gasteiger partial charge < -0.3 is 5.11 Å². The van der Waals surface area contributed by atoms with E-state index < -0.39 is 0 Å². The topological polar surface area (TPSA) is 20.2 Å². The average Bonchev–Trinajstić information content (AvgIpc) is 2.42. The van der Waals surface area contributed by atoms with Gasteiger partial charge in [0.25, 0.3) is 0 Å². The minimum Gasteiger partial charge on any atom is -0.388 e. The highest BCUT2D eigenvalue weighted by molar-refractivity contribution is 5.16. The smallest absolute Gasteiger partial charge is 0.0803 e. The Kier molecular flexibility index (Phi) is 4.04. The number of aliphatic hydroxyl groups is 1. The predicted molar refractivity (Wildman–Crippen MR) is 93.5 cm³/mol. The van der Waals surface area contributed by atoms with Crippen LogP contribution < -0.4 is 0 Å². The molecule has 0 spiro atoms. The van der Waals surface area contributed by atoms with E-state index in [0.29, 0.717) is 17.3 Å². The van der Waals surface area contributed by atoms with Gasteiger partial charge in [0.05, 0.1) is 6.10 Å². The molecule has 1 N–H and O–H groups in total. The maximum atomic E-state index is 10.9. The molecule has 0 amide bonds. The van der Waals surface area contributed by atoms with Crippen molar-refractivity contribution >= 4 is 0 Å². The van der Waals surface area contributed by atoms with Gasteiger partial charge in [-0.2, -0.15) is 0 Å². The molecule has 7 atom stereocenters.